The largest absolute Gasteiger partial charge is 0.399 e. The number of anilines is 1. The summed E-state index contributed by atoms with van der Waals surface area (Å²) in [4.78, 5) is 13.2. The van der Waals surface area contributed by atoms with E-state index in [1.807, 2.05) is 6.07 Å². The normalized spacial score (nSPS) is 9.76. The number of carbonyl (C=O) groups excluding carboxylic acids is 1. The van der Waals surface area contributed by atoms with Crippen LogP contribution in [-0.4, -0.2) is 24.4 Å². The molecule has 17 heavy (non-hydrogen) atoms. The van der Waals surface area contributed by atoms with E-state index < -0.39 is 11.7 Å². The highest BCUT2D eigenvalue weighted by Crippen LogP contribution is 2.18. The third-order valence-corrected chi connectivity index (χ3v) is 2.41. The van der Waals surface area contributed by atoms with Crippen LogP contribution in [0.3, 0.4) is 0 Å². The first-order chi connectivity index (χ1) is 7.97. The van der Waals surface area contributed by atoms with Crippen LogP contribution in [0.25, 0.3) is 0 Å². The first kappa shape index (κ1) is 13.0. The summed E-state index contributed by atoms with van der Waals surface area (Å²) in [5.74, 6) is -1.03. The highest BCUT2D eigenvalue weighted by molar-refractivity contribution is 5.95. The molecule has 0 fully saturated rings. The smallest absolute Gasteiger partial charge is 0.256 e. The number of aryl methyl sites for hydroxylation is 1. The van der Waals surface area contributed by atoms with Crippen LogP contribution in [0.4, 0.5) is 10.1 Å². The van der Waals surface area contributed by atoms with E-state index in [-0.39, 0.29) is 18.5 Å². The number of nitrogens with two attached hydrogens (primary N) is 1. The summed E-state index contributed by atoms with van der Waals surface area (Å²) in [6.45, 7) is 1.82. The molecule has 0 heterocycles. The van der Waals surface area contributed by atoms with Crippen molar-refractivity contribution in [3.63, 3.8) is 0 Å². The Kier molecular flexibility index (Phi) is 4.05. The lowest BCUT2D eigenvalue weighted by Gasteiger charge is -2.16. The van der Waals surface area contributed by atoms with Gasteiger partial charge in [-0.15, -0.1) is 0 Å². The van der Waals surface area contributed by atoms with E-state index in [0.29, 0.717) is 11.3 Å². The monoisotopic (exact) mass is 235 g/mol. The summed E-state index contributed by atoms with van der Waals surface area (Å²) < 4.78 is 13.7. The van der Waals surface area contributed by atoms with E-state index in [2.05, 4.69) is 0 Å². The van der Waals surface area contributed by atoms with E-state index in [1.54, 1.807) is 6.92 Å². The van der Waals surface area contributed by atoms with Gasteiger partial charge in [0.1, 0.15) is 5.82 Å². The molecule has 0 aromatic heterocycles. The molecule has 0 saturated carbocycles. The molecule has 0 spiro atoms. The molecular weight excluding hydrogens is 221 g/mol. The lowest BCUT2D eigenvalue weighted by atomic mass is 10.1. The van der Waals surface area contributed by atoms with Crippen molar-refractivity contribution in [3.05, 3.63) is 29.1 Å². The molecule has 0 aliphatic rings. The fourth-order valence-electron chi connectivity index (χ4n) is 1.48. The van der Waals surface area contributed by atoms with Gasteiger partial charge in [0, 0.05) is 19.3 Å². The summed E-state index contributed by atoms with van der Waals surface area (Å²) in [6.07, 6.45) is 0.213. The molecule has 1 aromatic carbocycles. The van der Waals surface area contributed by atoms with E-state index in [1.165, 1.54) is 24.1 Å². The minimum atomic E-state index is -0.562. The topological polar surface area (TPSA) is 70.1 Å². The Morgan fingerprint density at radius 3 is 2.82 bits per heavy atom. The SMILES string of the molecule is Cc1cc(N)cc(C(=O)N(C)CCC#N)c1F. The molecule has 1 aromatic rings. The molecule has 0 aliphatic heterocycles. The van der Waals surface area contributed by atoms with Gasteiger partial charge in [0.2, 0.25) is 0 Å². The van der Waals surface area contributed by atoms with Gasteiger partial charge in [0.05, 0.1) is 18.1 Å². The molecule has 0 aliphatic carbocycles. The predicted molar refractivity (Wildman–Crippen MR) is 62.7 cm³/mol. The van der Waals surface area contributed by atoms with E-state index in [0.717, 1.165) is 0 Å². The molecule has 2 N–H and O–H groups in total. The molecule has 1 amide bonds. The average molecular weight is 235 g/mol. The van der Waals surface area contributed by atoms with Gasteiger partial charge in [-0.1, -0.05) is 0 Å². The molecule has 0 saturated heterocycles. The Bertz CT molecular complexity index is 479. The highest BCUT2D eigenvalue weighted by Gasteiger charge is 2.18. The fourth-order valence-corrected chi connectivity index (χ4v) is 1.48. The zero-order valence-electron chi connectivity index (χ0n) is 9.83. The molecule has 5 heteroatoms. The summed E-state index contributed by atoms with van der Waals surface area (Å²) in [5, 5.41) is 8.43. The van der Waals surface area contributed by atoms with Gasteiger partial charge in [0.15, 0.2) is 0 Å². The number of hydrogen-bond donors (Lipinski definition) is 1. The number of nitriles is 1. The number of hydrogen-bond acceptors (Lipinski definition) is 3. The third-order valence-electron chi connectivity index (χ3n) is 2.41. The van der Waals surface area contributed by atoms with Crippen molar-refractivity contribution in [2.75, 3.05) is 19.3 Å². The van der Waals surface area contributed by atoms with Gasteiger partial charge in [-0.3, -0.25) is 4.79 Å². The molecule has 1 rings (SSSR count). The number of nitrogen functional groups attached to an aromatic ring is 1. The van der Waals surface area contributed by atoms with Crippen molar-refractivity contribution in [2.24, 2.45) is 0 Å². The first-order valence-electron chi connectivity index (χ1n) is 5.15. The van der Waals surface area contributed by atoms with Crippen molar-refractivity contribution in [2.45, 2.75) is 13.3 Å². The third kappa shape index (κ3) is 2.94. The van der Waals surface area contributed by atoms with Crippen LogP contribution in [0.1, 0.15) is 22.3 Å². The molecule has 4 nitrogen and oxygen atoms in total. The van der Waals surface area contributed by atoms with Crippen molar-refractivity contribution in [1.29, 1.82) is 5.26 Å². The lowest BCUT2D eigenvalue weighted by molar-refractivity contribution is 0.0793. The maximum Gasteiger partial charge on any atom is 0.256 e. The Morgan fingerprint density at radius 1 is 1.59 bits per heavy atom. The Morgan fingerprint density at radius 2 is 2.24 bits per heavy atom. The predicted octanol–water partition coefficient (Wildman–Crippen LogP) is 1.70. The summed E-state index contributed by atoms with van der Waals surface area (Å²) in [6, 6.07) is 4.72. The summed E-state index contributed by atoms with van der Waals surface area (Å²) >= 11 is 0. The molecular formula is C12H14FN3O. The van der Waals surface area contributed by atoms with E-state index in [4.69, 9.17) is 11.0 Å². The molecule has 90 valence electrons. The summed E-state index contributed by atoms with van der Waals surface area (Å²) in [7, 11) is 1.53. The van der Waals surface area contributed by atoms with Crippen LogP contribution < -0.4 is 5.73 Å². The minimum Gasteiger partial charge on any atom is -0.399 e. The zero-order valence-corrected chi connectivity index (χ0v) is 9.83. The van der Waals surface area contributed by atoms with Gasteiger partial charge in [0.25, 0.3) is 5.91 Å². The Balaban J connectivity index is 3.00. The van der Waals surface area contributed by atoms with Crippen LogP contribution >= 0.6 is 0 Å². The number of carbonyl (C=O) groups is 1. The van der Waals surface area contributed by atoms with Gasteiger partial charge in [-0.25, -0.2) is 4.39 Å². The number of amides is 1. The van der Waals surface area contributed by atoms with Gasteiger partial charge >= 0.3 is 0 Å². The number of nitrogens with zero attached hydrogens (tertiary/aromatic N) is 2. The van der Waals surface area contributed by atoms with E-state index >= 15 is 0 Å². The van der Waals surface area contributed by atoms with Crippen molar-refractivity contribution in [1.82, 2.24) is 4.90 Å². The summed E-state index contributed by atoms with van der Waals surface area (Å²) in [5.41, 5.74) is 6.21. The Labute approximate surface area is 99.4 Å². The molecule has 0 unspecified atom stereocenters. The average Bonchev–Trinajstić information content (AvgIpc) is 2.29. The fraction of sp³-hybridized carbons (Fsp3) is 0.333. The van der Waals surface area contributed by atoms with Crippen LogP contribution in [0.2, 0.25) is 0 Å². The zero-order chi connectivity index (χ0) is 13.0. The maximum atomic E-state index is 13.7. The van der Waals surface area contributed by atoms with Gasteiger partial charge < -0.3 is 10.6 Å². The maximum absolute atomic E-state index is 13.7. The minimum absolute atomic E-state index is 0.0528. The van der Waals surface area contributed by atoms with Crippen LogP contribution in [0.5, 0.6) is 0 Å². The highest BCUT2D eigenvalue weighted by atomic mass is 19.1. The van der Waals surface area contributed by atoms with Crippen molar-refractivity contribution < 1.29 is 9.18 Å². The van der Waals surface area contributed by atoms with E-state index in [9.17, 15) is 9.18 Å². The second-order valence-corrected chi connectivity index (χ2v) is 3.83. The molecule has 0 bridgehead atoms. The number of benzene rings is 1. The second-order valence-electron chi connectivity index (χ2n) is 3.83. The quantitative estimate of drug-likeness (QED) is 0.810. The van der Waals surface area contributed by atoms with Gasteiger partial charge in [-0.2, -0.15) is 5.26 Å². The Hall–Kier alpha value is -2.09. The van der Waals surface area contributed by atoms with Crippen molar-refractivity contribution in [3.8, 4) is 6.07 Å². The lowest BCUT2D eigenvalue weighted by Crippen LogP contribution is -2.28. The second kappa shape index (κ2) is 5.30. The standard InChI is InChI=1S/C12H14FN3O/c1-8-6-9(15)7-10(11(8)13)12(17)16(2)5-3-4-14/h6-7H,3,5,15H2,1-2H3. The molecule has 0 atom stereocenters. The van der Waals surface area contributed by atoms with Crippen LogP contribution in [0.15, 0.2) is 12.1 Å². The number of rotatable bonds is 3. The van der Waals surface area contributed by atoms with Crippen molar-refractivity contribution >= 4 is 11.6 Å². The van der Waals surface area contributed by atoms with Crippen LogP contribution in [0, 0.1) is 24.1 Å². The number of halogens is 1. The first-order valence-corrected chi connectivity index (χ1v) is 5.15. The van der Waals surface area contributed by atoms with Crippen LogP contribution in [-0.2, 0) is 0 Å². The molecule has 0 radical (unpaired) electrons. The van der Waals surface area contributed by atoms with Gasteiger partial charge in [-0.05, 0) is 24.6 Å².